The first kappa shape index (κ1) is 15.7. The zero-order valence-corrected chi connectivity index (χ0v) is 13.7. The maximum Gasteiger partial charge on any atom is 0.0613 e. The van der Waals surface area contributed by atoms with Crippen molar-refractivity contribution in [3.63, 3.8) is 0 Å². The summed E-state index contributed by atoms with van der Waals surface area (Å²) in [5.41, 5.74) is 0.00199. The van der Waals surface area contributed by atoms with Gasteiger partial charge in [-0.3, -0.25) is 9.80 Å². The Morgan fingerprint density at radius 1 is 1.00 bits per heavy atom. The molecule has 0 bridgehead atoms. The number of nitrogens with one attached hydrogen (secondary N) is 1. The van der Waals surface area contributed by atoms with Gasteiger partial charge in [0.25, 0.3) is 0 Å². The highest BCUT2D eigenvalue weighted by Gasteiger charge is 2.41. The Labute approximate surface area is 129 Å². The molecular formula is C17H33N3O. The van der Waals surface area contributed by atoms with E-state index >= 15 is 0 Å². The molecule has 2 unspecified atom stereocenters. The summed E-state index contributed by atoms with van der Waals surface area (Å²) in [5, 5.41) is 13.3. The summed E-state index contributed by atoms with van der Waals surface area (Å²) in [6.45, 7) is 8.37. The Hall–Kier alpha value is -0.160. The number of piperazine rings is 1. The fourth-order valence-electron chi connectivity index (χ4n) is 4.88. The number of nitrogens with zero attached hydrogens (tertiary/aromatic N) is 2. The van der Waals surface area contributed by atoms with Gasteiger partial charge in [0.2, 0.25) is 0 Å². The SMILES string of the molecule is CCNC1(CO)CCC(N2CCN(C3CCCC3)CC2)C1. The third kappa shape index (κ3) is 3.44. The Morgan fingerprint density at radius 2 is 1.62 bits per heavy atom. The molecule has 21 heavy (non-hydrogen) atoms. The minimum Gasteiger partial charge on any atom is -0.394 e. The van der Waals surface area contributed by atoms with Crippen molar-refractivity contribution in [2.45, 2.75) is 69.5 Å². The van der Waals surface area contributed by atoms with Crippen molar-refractivity contribution in [2.75, 3.05) is 39.3 Å². The van der Waals surface area contributed by atoms with Crippen LogP contribution in [0.1, 0.15) is 51.9 Å². The maximum absolute atomic E-state index is 9.76. The molecule has 0 radical (unpaired) electrons. The van der Waals surface area contributed by atoms with Crippen LogP contribution in [0.25, 0.3) is 0 Å². The average molecular weight is 295 g/mol. The zero-order valence-electron chi connectivity index (χ0n) is 13.7. The van der Waals surface area contributed by atoms with E-state index < -0.39 is 0 Å². The van der Waals surface area contributed by atoms with Gasteiger partial charge in [-0.1, -0.05) is 19.8 Å². The molecule has 2 aliphatic carbocycles. The summed E-state index contributed by atoms with van der Waals surface area (Å²) in [5.74, 6) is 0. The van der Waals surface area contributed by atoms with Crippen LogP contribution in [-0.2, 0) is 0 Å². The molecule has 1 saturated heterocycles. The molecule has 0 aromatic rings. The van der Waals surface area contributed by atoms with Crippen LogP contribution in [0.3, 0.4) is 0 Å². The highest BCUT2D eigenvalue weighted by Crippen LogP contribution is 2.34. The smallest absolute Gasteiger partial charge is 0.0613 e. The van der Waals surface area contributed by atoms with E-state index in [1.807, 2.05) is 0 Å². The van der Waals surface area contributed by atoms with Crippen molar-refractivity contribution in [2.24, 2.45) is 0 Å². The van der Waals surface area contributed by atoms with Crippen molar-refractivity contribution in [1.82, 2.24) is 15.1 Å². The number of aliphatic hydroxyl groups excluding tert-OH is 1. The highest BCUT2D eigenvalue weighted by atomic mass is 16.3. The van der Waals surface area contributed by atoms with Crippen molar-refractivity contribution < 1.29 is 5.11 Å². The van der Waals surface area contributed by atoms with E-state index in [0.29, 0.717) is 12.6 Å². The van der Waals surface area contributed by atoms with Crippen LogP contribution >= 0.6 is 0 Å². The third-order valence-electron chi connectivity index (χ3n) is 6.14. The molecule has 3 aliphatic rings. The molecule has 0 aromatic carbocycles. The molecule has 4 heteroatoms. The molecule has 2 atom stereocenters. The second-order valence-electron chi connectivity index (χ2n) is 7.38. The van der Waals surface area contributed by atoms with Gasteiger partial charge in [0.1, 0.15) is 0 Å². The van der Waals surface area contributed by atoms with Crippen LogP contribution in [0.5, 0.6) is 0 Å². The molecule has 0 aromatic heterocycles. The molecule has 2 saturated carbocycles. The molecular weight excluding hydrogens is 262 g/mol. The van der Waals surface area contributed by atoms with Gasteiger partial charge in [0.15, 0.2) is 0 Å². The standard InChI is InChI=1S/C17H33N3O/c1-2-18-17(14-21)8-7-16(13-17)20-11-9-19(10-12-20)15-5-3-4-6-15/h15-16,18,21H,2-14H2,1H3. The Balaban J connectivity index is 1.48. The van der Waals surface area contributed by atoms with Gasteiger partial charge in [-0.15, -0.1) is 0 Å². The summed E-state index contributed by atoms with van der Waals surface area (Å²) in [7, 11) is 0. The lowest BCUT2D eigenvalue weighted by atomic mass is 9.98. The second-order valence-corrected chi connectivity index (χ2v) is 7.38. The normalized spacial score (nSPS) is 36.6. The Kier molecular flexibility index (Phi) is 5.20. The van der Waals surface area contributed by atoms with Crippen LogP contribution in [0.15, 0.2) is 0 Å². The molecule has 122 valence electrons. The Bertz CT molecular complexity index is 324. The highest BCUT2D eigenvalue weighted by molar-refractivity contribution is 5.00. The zero-order chi connectivity index (χ0) is 14.7. The topological polar surface area (TPSA) is 38.7 Å². The number of likely N-dealkylation sites (N-methyl/N-ethyl adjacent to an activating group) is 1. The first-order chi connectivity index (χ1) is 10.3. The van der Waals surface area contributed by atoms with E-state index in [4.69, 9.17) is 0 Å². The molecule has 2 N–H and O–H groups in total. The number of hydrogen-bond acceptors (Lipinski definition) is 4. The monoisotopic (exact) mass is 295 g/mol. The van der Waals surface area contributed by atoms with Crippen LogP contribution < -0.4 is 5.32 Å². The fraction of sp³-hybridized carbons (Fsp3) is 1.00. The summed E-state index contributed by atoms with van der Waals surface area (Å²) in [6, 6.07) is 1.57. The molecule has 4 nitrogen and oxygen atoms in total. The van der Waals surface area contributed by atoms with Crippen LogP contribution in [0, 0.1) is 0 Å². The van der Waals surface area contributed by atoms with Gasteiger partial charge in [-0.2, -0.15) is 0 Å². The molecule has 0 spiro atoms. The van der Waals surface area contributed by atoms with Gasteiger partial charge in [-0.25, -0.2) is 0 Å². The van der Waals surface area contributed by atoms with Crippen molar-refractivity contribution >= 4 is 0 Å². The average Bonchev–Trinajstić information content (AvgIpc) is 3.18. The van der Waals surface area contributed by atoms with E-state index in [1.54, 1.807) is 0 Å². The maximum atomic E-state index is 9.76. The molecule has 1 aliphatic heterocycles. The number of aliphatic hydroxyl groups is 1. The predicted octanol–water partition coefficient (Wildman–Crippen LogP) is 1.44. The predicted molar refractivity (Wildman–Crippen MR) is 86.5 cm³/mol. The second kappa shape index (κ2) is 6.95. The summed E-state index contributed by atoms with van der Waals surface area (Å²) in [4.78, 5) is 5.43. The minimum absolute atomic E-state index is 0.00199. The van der Waals surface area contributed by atoms with Crippen molar-refractivity contribution in [3.8, 4) is 0 Å². The summed E-state index contributed by atoms with van der Waals surface area (Å²) >= 11 is 0. The lowest BCUT2D eigenvalue weighted by Crippen LogP contribution is -2.53. The Morgan fingerprint density at radius 3 is 2.19 bits per heavy atom. The van der Waals surface area contributed by atoms with Gasteiger partial charge in [-0.05, 0) is 38.6 Å². The number of rotatable bonds is 5. The van der Waals surface area contributed by atoms with Crippen molar-refractivity contribution in [3.05, 3.63) is 0 Å². The third-order valence-corrected chi connectivity index (χ3v) is 6.14. The van der Waals surface area contributed by atoms with Gasteiger partial charge in [0.05, 0.1) is 6.61 Å². The largest absolute Gasteiger partial charge is 0.394 e. The van der Waals surface area contributed by atoms with Crippen LogP contribution in [0.2, 0.25) is 0 Å². The van der Waals surface area contributed by atoms with Gasteiger partial charge >= 0.3 is 0 Å². The molecule has 3 fully saturated rings. The summed E-state index contributed by atoms with van der Waals surface area (Å²) in [6.07, 6.45) is 9.24. The van der Waals surface area contributed by atoms with E-state index in [-0.39, 0.29) is 5.54 Å². The van der Waals surface area contributed by atoms with Crippen LogP contribution in [0.4, 0.5) is 0 Å². The first-order valence-corrected chi connectivity index (χ1v) is 9.10. The lowest BCUT2D eigenvalue weighted by Gasteiger charge is -2.41. The summed E-state index contributed by atoms with van der Waals surface area (Å²) < 4.78 is 0. The molecule has 1 heterocycles. The van der Waals surface area contributed by atoms with E-state index in [9.17, 15) is 5.11 Å². The quantitative estimate of drug-likeness (QED) is 0.805. The van der Waals surface area contributed by atoms with E-state index in [0.717, 1.165) is 25.4 Å². The van der Waals surface area contributed by atoms with Crippen LogP contribution in [-0.4, -0.2) is 71.9 Å². The van der Waals surface area contributed by atoms with Gasteiger partial charge in [0, 0.05) is 43.8 Å². The van der Waals surface area contributed by atoms with Crippen molar-refractivity contribution in [1.29, 1.82) is 0 Å². The molecule has 3 rings (SSSR count). The van der Waals surface area contributed by atoms with E-state index in [1.165, 1.54) is 58.3 Å². The number of hydrogen-bond donors (Lipinski definition) is 2. The fourth-order valence-corrected chi connectivity index (χ4v) is 4.88. The minimum atomic E-state index is 0.00199. The lowest BCUT2D eigenvalue weighted by molar-refractivity contribution is 0.0662. The molecule has 0 amide bonds. The van der Waals surface area contributed by atoms with Gasteiger partial charge < -0.3 is 10.4 Å². The van der Waals surface area contributed by atoms with E-state index in [2.05, 4.69) is 22.0 Å². The first-order valence-electron chi connectivity index (χ1n) is 9.10.